The lowest BCUT2D eigenvalue weighted by Gasteiger charge is -2.41. The lowest BCUT2D eigenvalue weighted by Crippen LogP contribution is -2.55. The maximum absolute atomic E-state index is 12.1. The first-order valence-electron chi connectivity index (χ1n) is 7.34. The molecule has 1 saturated heterocycles. The van der Waals surface area contributed by atoms with Crippen LogP contribution >= 0.6 is 0 Å². The van der Waals surface area contributed by atoms with Gasteiger partial charge >= 0.3 is 0 Å². The number of piperazine rings is 1. The molecule has 2 N–H and O–H groups in total. The molecule has 2 unspecified atom stereocenters. The van der Waals surface area contributed by atoms with Gasteiger partial charge in [-0.25, -0.2) is 0 Å². The third-order valence-electron chi connectivity index (χ3n) is 3.82. The monoisotopic (exact) mass is 271 g/mol. The smallest absolute Gasteiger partial charge is 0.222 e. The number of carbonyl (C=O) groups excluding carboxylic acids is 1. The number of methoxy groups -OCH3 is 1. The van der Waals surface area contributed by atoms with Gasteiger partial charge in [0.05, 0.1) is 6.61 Å². The van der Waals surface area contributed by atoms with Gasteiger partial charge in [0.1, 0.15) is 0 Å². The molecule has 0 radical (unpaired) electrons. The van der Waals surface area contributed by atoms with Crippen LogP contribution in [-0.4, -0.2) is 67.7 Å². The fourth-order valence-electron chi connectivity index (χ4n) is 2.52. The molecule has 1 aliphatic rings. The SMILES string of the molecule is CCC1CN(C(=O)CCC(C)N)CCN1CCOC. The molecule has 0 spiro atoms. The summed E-state index contributed by atoms with van der Waals surface area (Å²) in [5.74, 6) is 0.252. The summed E-state index contributed by atoms with van der Waals surface area (Å²) in [6, 6.07) is 0.567. The number of nitrogens with zero attached hydrogens (tertiary/aromatic N) is 2. The predicted octanol–water partition coefficient (Wildman–Crippen LogP) is 0.683. The number of carbonyl (C=O) groups is 1. The summed E-state index contributed by atoms with van der Waals surface area (Å²) in [6.45, 7) is 8.47. The summed E-state index contributed by atoms with van der Waals surface area (Å²) in [5.41, 5.74) is 5.71. The van der Waals surface area contributed by atoms with Gasteiger partial charge in [0.2, 0.25) is 5.91 Å². The predicted molar refractivity (Wildman–Crippen MR) is 77.0 cm³/mol. The number of ether oxygens (including phenoxy) is 1. The van der Waals surface area contributed by atoms with Crippen LogP contribution in [0, 0.1) is 0 Å². The van der Waals surface area contributed by atoms with Crippen molar-refractivity contribution < 1.29 is 9.53 Å². The zero-order valence-corrected chi connectivity index (χ0v) is 12.6. The van der Waals surface area contributed by atoms with Crippen molar-refractivity contribution in [2.45, 2.75) is 45.2 Å². The minimum absolute atomic E-state index is 0.105. The van der Waals surface area contributed by atoms with E-state index in [-0.39, 0.29) is 11.9 Å². The largest absolute Gasteiger partial charge is 0.383 e. The Kier molecular flexibility index (Phi) is 7.34. The van der Waals surface area contributed by atoms with E-state index in [1.165, 1.54) is 0 Å². The van der Waals surface area contributed by atoms with Crippen molar-refractivity contribution >= 4 is 5.91 Å². The molecule has 0 aromatic carbocycles. The molecule has 1 rings (SSSR count). The van der Waals surface area contributed by atoms with E-state index < -0.39 is 0 Å². The molecule has 2 atom stereocenters. The van der Waals surface area contributed by atoms with Crippen molar-refractivity contribution in [3.63, 3.8) is 0 Å². The van der Waals surface area contributed by atoms with Crippen LogP contribution in [0.25, 0.3) is 0 Å². The molecular weight excluding hydrogens is 242 g/mol. The third kappa shape index (κ3) is 5.47. The van der Waals surface area contributed by atoms with Crippen LogP contribution in [0.3, 0.4) is 0 Å². The van der Waals surface area contributed by atoms with E-state index in [0.717, 1.165) is 45.6 Å². The highest BCUT2D eigenvalue weighted by molar-refractivity contribution is 5.76. The van der Waals surface area contributed by atoms with E-state index in [4.69, 9.17) is 10.5 Å². The number of rotatable bonds is 7. The molecule has 19 heavy (non-hydrogen) atoms. The van der Waals surface area contributed by atoms with Crippen molar-refractivity contribution in [2.75, 3.05) is 39.9 Å². The van der Waals surface area contributed by atoms with E-state index in [1.807, 2.05) is 11.8 Å². The maximum Gasteiger partial charge on any atom is 0.222 e. The van der Waals surface area contributed by atoms with Gasteiger partial charge in [0.25, 0.3) is 0 Å². The Hall–Kier alpha value is -0.650. The minimum atomic E-state index is 0.105. The van der Waals surface area contributed by atoms with E-state index in [2.05, 4.69) is 11.8 Å². The quantitative estimate of drug-likeness (QED) is 0.740. The van der Waals surface area contributed by atoms with Gasteiger partial charge < -0.3 is 15.4 Å². The molecule has 1 aliphatic heterocycles. The van der Waals surface area contributed by atoms with Gasteiger partial charge in [-0.2, -0.15) is 0 Å². The first-order chi connectivity index (χ1) is 9.08. The molecule has 5 nitrogen and oxygen atoms in total. The molecule has 0 aromatic rings. The van der Waals surface area contributed by atoms with Gasteiger partial charge in [0.15, 0.2) is 0 Å². The lowest BCUT2D eigenvalue weighted by atomic mass is 10.1. The summed E-state index contributed by atoms with van der Waals surface area (Å²) in [5, 5.41) is 0. The Morgan fingerprint density at radius 2 is 2.21 bits per heavy atom. The lowest BCUT2D eigenvalue weighted by molar-refractivity contribution is -0.134. The van der Waals surface area contributed by atoms with Crippen LogP contribution in [0.15, 0.2) is 0 Å². The summed E-state index contributed by atoms with van der Waals surface area (Å²) < 4.78 is 5.14. The third-order valence-corrected chi connectivity index (χ3v) is 3.82. The van der Waals surface area contributed by atoms with Crippen LogP contribution in [-0.2, 0) is 9.53 Å². The summed E-state index contributed by atoms with van der Waals surface area (Å²) in [4.78, 5) is 16.5. The highest BCUT2D eigenvalue weighted by Gasteiger charge is 2.27. The van der Waals surface area contributed by atoms with E-state index in [0.29, 0.717) is 12.5 Å². The average molecular weight is 271 g/mol. The normalized spacial score (nSPS) is 22.5. The van der Waals surface area contributed by atoms with E-state index in [1.54, 1.807) is 7.11 Å². The standard InChI is InChI=1S/C14H29N3O2/c1-4-13-11-17(14(18)6-5-12(2)15)8-7-16(13)9-10-19-3/h12-13H,4-11,15H2,1-3H3. The topological polar surface area (TPSA) is 58.8 Å². The van der Waals surface area contributed by atoms with Crippen molar-refractivity contribution in [1.29, 1.82) is 0 Å². The molecule has 1 amide bonds. The number of nitrogens with two attached hydrogens (primary N) is 1. The molecule has 1 heterocycles. The number of hydrogen-bond donors (Lipinski definition) is 1. The Labute approximate surface area is 117 Å². The van der Waals surface area contributed by atoms with Crippen LogP contribution in [0.2, 0.25) is 0 Å². The molecule has 0 aromatic heterocycles. The summed E-state index contributed by atoms with van der Waals surface area (Å²) in [6.07, 6.45) is 2.42. The Morgan fingerprint density at radius 3 is 2.79 bits per heavy atom. The van der Waals surface area contributed by atoms with Crippen molar-refractivity contribution in [3.8, 4) is 0 Å². The van der Waals surface area contributed by atoms with Crippen molar-refractivity contribution in [2.24, 2.45) is 5.73 Å². The van der Waals surface area contributed by atoms with Crippen LogP contribution in [0.1, 0.15) is 33.1 Å². The molecule has 0 aliphatic carbocycles. The zero-order chi connectivity index (χ0) is 14.3. The van der Waals surface area contributed by atoms with Crippen molar-refractivity contribution in [3.05, 3.63) is 0 Å². The van der Waals surface area contributed by atoms with E-state index in [9.17, 15) is 4.79 Å². The molecule has 1 fully saturated rings. The molecular formula is C14H29N3O2. The Balaban J connectivity index is 2.42. The van der Waals surface area contributed by atoms with E-state index >= 15 is 0 Å². The average Bonchev–Trinajstić information content (AvgIpc) is 2.42. The number of amides is 1. The second-order valence-corrected chi connectivity index (χ2v) is 5.45. The number of hydrogen-bond acceptors (Lipinski definition) is 4. The van der Waals surface area contributed by atoms with Gasteiger partial charge in [-0.1, -0.05) is 6.92 Å². The first-order valence-corrected chi connectivity index (χ1v) is 7.34. The van der Waals surface area contributed by atoms with Crippen LogP contribution in [0.4, 0.5) is 0 Å². The zero-order valence-electron chi connectivity index (χ0n) is 12.6. The van der Waals surface area contributed by atoms with Gasteiger partial charge in [-0.3, -0.25) is 9.69 Å². The van der Waals surface area contributed by atoms with Crippen molar-refractivity contribution in [1.82, 2.24) is 9.80 Å². The molecule has 5 heteroatoms. The molecule has 112 valence electrons. The molecule has 0 bridgehead atoms. The van der Waals surface area contributed by atoms with Crippen LogP contribution in [0.5, 0.6) is 0 Å². The maximum atomic E-state index is 12.1. The fourth-order valence-corrected chi connectivity index (χ4v) is 2.52. The summed E-state index contributed by atoms with van der Waals surface area (Å²) >= 11 is 0. The second-order valence-electron chi connectivity index (χ2n) is 5.45. The Morgan fingerprint density at radius 1 is 1.47 bits per heavy atom. The highest BCUT2D eigenvalue weighted by atomic mass is 16.5. The molecule has 0 saturated carbocycles. The van der Waals surface area contributed by atoms with Gasteiger partial charge in [-0.05, 0) is 19.8 Å². The van der Waals surface area contributed by atoms with Gasteiger partial charge in [0, 0.05) is 51.8 Å². The fraction of sp³-hybridized carbons (Fsp3) is 0.929. The Bertz CT molecular complexity index is 271. The van der Waals surface area contributed by atoms with Gasteiger partial charge in [-0.15, -0.1) is 0 Å². The summed E-state index contributed by atoms with van der Waals surface area (Å²) in [7, 11) is 1.73. The van der Waals surface area contributed by atoms with Crippen LogP contribution < -0.4 is 5.73 Å². The minimum Gasteiger partial charge on any atom is -0.383 e. The second kappa shape index (κ2) is 8.51. The highest BCUT2D eigenvalue weighted by Crippen LogP contribution is 2.14. The first kappa shape index (κ1) is 16.4.